The minimum absolute atomic E-state index is 0. The first kappa shape index (κ1) is 55.7. The topological polar surface area (TPSA) is 118 Å². The molecule has 0 spiro atoms. The number of hydrogen-bond acceptors (Lipinski definition) is 7. The van der Waals surface area contributed by atoms with Gasteiger partial charge in [0.1, 0.15) is 28.6 Å². The van der Waals surface area contributed by atoms with E-state index in [-0.39, 0.29) is 70.6 Å². The summed E-state index contributed by atoms with van der Waals surface area (Å²) in [5, 5.41) is 10.9. The average molecular weight is 1030 g/mol. The molecule has 6 aromatic rings. The Morgan fingerprint density at radius 2 is 0.986 bits per heavy atom. The summed E-state index contributed by atoms with van der Waals surface area (Å²) in [6, 6.07) is 27.4. The Hall–Kier alpha value is -6.25. The van der Waals surface area contributed by atoms with Crippen LogP contribution < -0.4 is 25.4 Å². The molecule has 2 aliphatic rings. The predicted octanol–water partition coefficient (Wildman–Crippen LogP) is 12.0. The van der Waals surface area contributed by atoms with Gasteiger partial charge in [-0.3, -0.25) is 9.59 Å². The third-order valence-electron chi connectivity index (χ3n) is 11.7. The lowest BCUT2D eigenvalue weighted by molar-refractivity contribution is -0.138. The molecule has 71 heavy (non-hydrogen) atoms. The number of halogens is 8. The largest absolute Gasteiger partial charge is 0.457 e. The van der Waals surface area contributed by atoms with Crippen LogP contribution in [0.25, 0.3) is 21.5 Å². The first-order valence-electron chi connectivity index (χ1n) is 21.7. The fourth-order valence-electron chi connectivity index (χ4n) is 7.45. The highest BCUT2D eigenvalue weighted by atomic mass is 32.1. The van der Waals surface area contributed by atoms with Crippen molar-refractivity contribution in [1.29, 1.82) is 0 Å². The number of fused-ring (bicyclic) bond motifs is 2. The lowest BCUT2D eigenvalue weighted by Gasteiger charge is -2.47. The van der Waals surface area contributed by atoms with Crippen molar-refractivity contribution in [3.8, 4) is 23.0 Å². The minimum Gasteiger partial charge on any atom is -0.457 e. The number of amides is 3. The molecule has 380 valence electrons. The summed E-state index contributed by atoms with van der Waals surface area (Å²) < 4.78 is 123. The number of rotatable bonds is 10. The lowest BCUT2D eigenvalue weighted by atomic mass is 9.89. The van der Waals surface area contributed by atoms with Crippen LogP contribution in [0.3, 0.4) is 0 Å². The van der Waals surface area contributed by atoms with Crippen molar-refractivity contribution in [1.82, 2.24) is 20.9 Å². The molecular formula is C51H52F8N4O6S2. The van der Waals surface area contributed by atoms with Crippen molar-refractivity contribution in [3.05, 3.63) is 144 Å². The Balaban J connectivity index is 0.000000262. The Morgan fingerprint density at radius 1 is 0.592 bits per heavy atom. The van der Waals surface area contributed by atoms with E-state index in [1.54, 1.807) is 107 Å². The molecule has 0 unspecified atom stereocenters. The average Bonchev–Trinajstić information content (AvgIpc) is 3.26. The van der Waals surface area contributed by atoms with E-state index < -0.39 is 64.5 Å². The molecule has 8 rings (SSSR count). The first-order valence-corrected chi connectivity index (χ1v) is 21.7. The monoisotopic (exact) mass is 1030 g/mol. The van der Waals surface area contributed by atoms with Crippen molar-refractivity contribution in [2.75, 3.05) is 26.2 Å². The van der Waals surface area contributed by atoms with Gasteiger partial charge in [-0.25, -0.2) is 13.6 Å². The maximum Gasteiger partial charge on any atom is 0.416 e. The number of nitrogens with zero attached hydrogens (tertiary/aromatic N) is 1. The molecule has 2 fully saturated rings. The van der Waals surface area contributed by atoms with E-state index in [0.29, 0.717) is 44.2 Å². The minimum atomic E-state index is -4.44. The van der Waals surface area contributed by atoms with E-state index in [1.165, 1.54) is 29.2 Å². The summed E-state index contributed by atoms with van der Waals surface area (Å²) in [5.41, 5.74) is -4.78. The fraction of sp³-hybridized carbons (Fsp3) is 0.314. The molecule has 3 N–H and O–H groups in total. The molecule has 2 heterocycles. The van der Waals surface area contributed by atoms with Crippen molar-refractivity contribution in [2.24, 2.45) is 0 Å². The second-order valence-electron chi connectivity index (χ2n) is 18.0. The van der Waals surface area contributed by atoms with Crippen LogP contribution in [0, 0.1) is 0 Å². The van der Waals surface area contributed by atoms with Crippen molar-refractivity contribution in [2.45, 2.75) is 76.0 Å². The molecule has 0 saturated carbocycles. The van der Waals surface area contributed by atoms with Crippen LogP contribution in [0.15, 0.2) is 121 Å². The Labute approximate surface area is 418 Å². The zero-order valence-corrected chi connectivity index (χ0v) is 41.0. The summed E-state index contributed by atoms with van der Waals surface area (Å²) in [5.74, 6) is 0.477. The summed E-state index contributed by atoms with van der Waals surface area (Å²) in [7, 11) is 0. The quantitative estimate of drug-likeness (QED) is 0.117. The molecule has 2 atom stereocenters. The second kappa shape index (κ2) is 21.6. The Kier molecular flexibility index (Phi) is 17.0. The molecule has 3 amide bonds. The van der Waals surface area contributed by atoms with Gasteiger partial charge in [-0.05, 0) is 142 Å². The summed E-state index contributed by atoms with van der Waals surface area (Å²) in [6.07, 6.45) is -9.46. The zero-order chi connectivity index (χ0) is 50.1. The highest BCUT2D eigenvalue weighted by Gasteiger charge is 2.51. The highest BCUT2D eigenvalue weighted by molar-refractivity contribution is 7.59. The van der Waals surface area contributed by atoms with Gasteiger partial charge in [0.2, 0.25) is 0 Å². The third-order valence-corrected chi connectivity index (χ3v) is 11.7. The van der Waals surface area contributed by atoms with Crippen LogP contribution in [-0.4, -0.2) is 78.0 Å². The van der Waals surface area contributed by atoms with E-state index in [2.05, 4.69) is 16.0 Å². The van der Waals surface area contributed by atoms with Crippen molar-refractivity contribution in [3.63, 3.8) is 0 Å². The molecule has 0 bridgehead atoms. The van der Waals surface area contributed by atoms with Crippen LogP contribution in [-0.2, 0) is 17.1 Å². The first-order chi connectivity index (χ1) is 32.3. The zero-order valence-electron chi connectivity index (χ0n) is 39.0. The number of nitrogens with one attached hydrogen (secondary N) is 3. The van der Waals surface area contributed by atoms with Crippen LogP contribution >= 0.6 is 27.0 Å². The van der Waals surface area contributed by atoms with Crippen molar-refractivity contribution >= 4 is 66.4 Å². The van der Waals surface area contributed by atoms with E-state index in [1.807, 2.05) is 0 Å². The van der Waals surface area contributed by atoms with Gasteiger partial charge in [0, 0.05) is 35.0 Å². The number of ether oxygens (including phenoxy) is 3. The normalized spacial score (nSPS) is 15.7. The van der Waals surface area contributed by atoms with E-state index in [4.69, 9.17) is 14.2 Å². The number of alkyl halides is 8. The molecule has 2 saturated heterocycles. The standard InChI is InChI=1S/C28H28F4N2O4.C23H20F4N2O2.2H2S/c1-17(27(29)15-34(16-27)25(36)38-26(2,3)4)33-24(35)19-8-13-22-18(14-19)6-5-7-23(22)37-21-11-9-20(10-12-21)28(30,31)32;1-14(22(24)12-28-13-22)29-21(30)16-5-10-19-15(11-16)3-2-4-20(19)31-18-8-6-17(7-9-18)23(25,26)27;;/h5-14,17H,15-16H2,1-4H3,(H,33,35);2-11,14,28H,12-13H2,1H3,(H,29,30);2*1H2/t17-;14-;;/m00../s1. The maximum absolute atomic E-state index is 15.3. The van der Waals surface area contributed by atoms with Crippen LogP contribution in [0.2, 0.25) is 0 Å². The highest BCUT2D eigenvalue weighted by Crippen LogP contribution is 2.37. The fourth-order valence-corrected chi connectivity index (χ4v) is 7.45. The number of carbonyl (C=O) groups excluding carboxylic acids is 3. The number of likely N-dealkylation sites (tertiary alicyclic amines) is 1. The van der Waals surface area contributed by atoms with Gasteiger partial charge in [-0.15, -0.1) is 0 Å². The van der Waals surface area contributed by atoms with Gasteiger partial charge in [0.15, 0.2) is 11.3 Å². The molecule has 20 heteroatoms. The Morgan fingerprint density at radius 3 is 1.34 bits per heavy atom. The van der Waals surface area contributed by atoms with Gasteiger partial charge in [-0.2, -0.15) is 53.3 Å². The SMILES string of the molecule is C[C@H](NC(=O)c1ccc2c(Oc3ccc(C(F)(F)F)cc3)cccc2c1)C1(F)CN(C(=O)OC(C)(C)C)C1.C[C@H](NC(=O)c1ccc2c(Oc3ccc(C(F)(F)F)cc3)cccc2c1)C1(F)CNC1.S.S. The van der Waals surface area contributed by atoms with Gasteiger partial charge >= 0.3 is 18.4 Å². The van der Waals surface area contributed by atoms with E-state index >= 15 is 4.39 Å². The van der Waals surface area contributed by atoms with Crippen LogP contribution in [0.4, 0.5) is 39.9 Å². The summed E-state index contributed by atoms with van der Waals surface area (Å²) in [4.78, 5) is 38.8. The third kappa shape index (κ3) is 13.4. The van der Waals surface area contributed by atoms with E-state index in [0.717, 1.165) is 24.3 Å². The van der Waals surface area contributed by atoms with Crippen LogP contribution in [0.1, 0.15) is 66.5 Å². The molecule has 0 aliphatic carbocycles. The number of hydrogen-bond donors (Lipinski definition) is 3. The smallest absolute Gasteiger partial charge is 0.416 e. The van der Waals surface area contributed by atoms with Gasteiger partial charge in [0.25, 0.3) is 11.8 Å². The second-order valence-corrected chi connectivity index (χ2v) is 18.0. The Bertz CT molecular complexity index is 2850. The number of benzene rings is 6. The summed E-state index contributed by atoms with van der Waals surface area (Å²) in [6.45, 7) is 8.39. The predicted molar refractivity (Wildman–Crippen MR) is 264 cm³/mol. The van der Waals surface area contributed by atoms with Gasteiger partial charge in [0.05, 0.1) is 36.3 Å². The molecular weight excluding hydrogens is 981 g/mol. The molecule has 6 aromatic carbocycles. The van der Waals surface area contributed by atoms with Crippen molar-refractivity contribution < 1.29 is 63.7 Å². The lowest BCUT2D eigenvalue weighted by Crippen LogP contribution is -2.69. The van der Waals surface area contributed by atoms with Crippen LogP contribution in [0.5, 0.6) is 23.0 Å². The molecule has 10 nitrogen and oxygen atoms in total. The van der Waals surface area contributed by atoms with Gasteiger partial charge < -0.3 is 35.1 Å². The van der Waals surface area contributed by atoms with E-state index in [9.17, 15) is 45.1 Å². The number of carbonyl (C=O) groups is 3. The molecule has 0 aromatic heterocycles. The van der Waals surface area contributed by atoms with Gasteiger partial charge in [-0.1, -0.05) is 24.3 Å². The molecule has 2 aliphatic heterocycles. The molecule has 0 radical (unpaired) electrons. The maximum atomic E-state index is 15.3. The summed E-state index contributed by atoms with van der Waals surface area (Å²) >= 11 is 0.